The molecule has 28 heavy (non-hydrogen) atoms. The van der Waals surface area contributed by atoms with Gasteiger partial charge in [0, 0.05) is 17.0 Å². The van der Waals surface area contributed by atoms with Crippen LogP contribution >= 0.6 is 11.6 Å². The predicted octanol–water partition coefficient (Wildman–Crippen LogP) is 3.92. The highest BCUT2D eigenvalue weighted by atomic mass is 35.5. The number of unbranched alkanes of at least 4 members (excludes halogenated alkanes) is 1. The second-order valence-electron chi connectivity index (χ2n) is 6.16. The molecule has 150 valence electrons. The number of ether oxygens (including phenoxy) is 2. The number of nitrogens with one attached hydrogen (secondary N) is 2. The predicted molar refractivity (Wildman–Crippen MR) is 109 cm³/mol. The maximum Gasteiger partial charge on any atom is 0.269 e. The van der Waals surface area contributed by atoms with Gasteiger partial charge in [-0.05, 0) is 42.7 Å². The van der Waals surface area contributed by atoms with Crippen molar-refractivity contribution in [3.8, 4) is 11.5 Å². The van der Waals surface area contributed by atoms with E-state index in [4.69, 9.17) is 21.1 Å². The van der Waals surface area contributed by atoms with Crippen molar-refractivity contribution in [1.82, 2.24) is 10.9 Å². The standard InChI is InChI=1S/C21H25ClN2O4/c1-3-4-13-28-18-11-9-16(14-19(18)27-2)21(26)24-23-20(25)12-10-15-7-5-6-8-17(15)22/h5-9,11,14H,3-4,10,12-13H2,1-2H3,(H,23,25)(H,24,26). The molecule has 0 atom stereocenters. The molecule has 6 nitrogen and oxygen atoms in total. The van der Waals surface area contributed by atoms with Crippen LogP contribution in [0.2, 0.25) is 5.02 Å². The lowest BCUT2D eigenvalue weighted by molar-refractivity contribution is -0.121. The van der Waals surface area contributed by atoms with Crippen LogP contribution in [0, 0.1) is 0 Å². The number of aryl methyl sites for hydroxylation is 1. The molecule has 2 rings (SSSR count). The molecule has 0 fully saturated rings. The maximum absolute atomic E-state index is 12.3. The SMILES string of the molecule is CCCCOc1ccc(C(=O)NNC(=O)CCc2ccccc2Cl)cc1OC. The second-order valence-corrected chi connectivity index (χ2v) is 6.57. The molecule has 2 aromatic carbocycles. The van der Waals surface area contributed by atoms with Gasteiger partial charge in [0.25, 0.3) is 5.91 Å². The molecular formula is C21H25ClN2O4. The summed E-state index contributed by atoms with van der Waals surface area (Å²) in [7, 11) is 1.51. The van der Waals surface area contributed by atoms with E-state index in [9.17, 15) is 9.59 Å². The van der Waals surface area contributed by atoms with Crippen LogP contribution in [0.25, 0.3) is 0 Å². The number of rotatable bonds is 9. The summed E-state index contributed by atoms with van der Waals surface area (Å²) in [6, 6.07) is 12.2. The molecule has 2 aromatic rings. The quantitative estimate of drug-likeness (QED) is 0.490. The number of hydrogen-bond donors (Lipinski definition) is 2. The summed E-state index contributed by atoms with van der Waals surface area (Å²) in [5.41, 5.74) is 6.05. The lowest BCUT2D eigenvalue weighted by Crippen LogP contribution is -2.41. The van der Waals surface area contributed by atoms with E-state index in [0.29, 0.717) is 35.1 Å². The Balaban J connectivity index is 1.86. The topological polar surface area (TPSA) is 76.7 Å². The zero-order valence-corrected chi connectivity index (χ0v) is 16.8. The number of hydrogen-bond acceptors (Lipinski definition) is 4. The summed E-state index contributed by atoms with van der Waals surface area (Å²) in [6.07, 6.45) is 2.65. The molecule has 0 saturated carbocycles. The van der Waals surface area contributed by atoms with Crippen molar-refractivity contribution in [3.63, 3.8) is 0 Å². The van der Waals surface area contributed by atoms with Gasteiger partial charge in [0.15, 0.2) is 11.5 Å². The minimum absolute atomic E-state index is 0.206. The summed E-state index contributed by atoms with van der Waals surface area (Å²) < 4.78 is 10.9. The van der Waals surface area contributed by atoms with Crippen LogP contribution in [0.3, 0.4) is 0 Å². The summed E-state index contributed by atoms with van der Waals surface area (Å²) >= 11 is 6.07. The van der Waals surface area contributed by atoms with Gasteiger partial charge in [-0.15, -0.1) is 0 Å². The third-order valence-electron chi connectivity index (χ3n) is 4.08. The Morgan fingerprint density at radius 3 is 2.57 bits per heavy atom. The van der Waals surface area contributed by atoms with Gasteiger partial charge in [-0.2, -0.15) is 0 Å². The Bertz CT molecular complexity index is 811. The number of amides is 2. The number of methoxy groups -OCH3 is 1. The Morgan fingerprint density at radius 2 is 1.86 bits per heavy atom. The second kappa shape index (κ2) is 11.2. The molecular weight excluding hydrogens is 380 g/mol. The molecule has 2 N–H and O–H groups in total. The van der Waals surface area contributed by atoms with Gasteiger partial charge >= 0.3 is 0 Å². The van der Waals surface area contributed by atoms with Crippen molar-refractivity contribution in [2.75, 3.05) is 13.7 Å². The highest BCUT2D eigenvalue weighted by Gasteiger charge is 2.12. The Kier molecular flexibility index (Phi) is 8.62. The van der Waals surface area contributed by atoms with Crippen molar-refractivity contribution >= 4 is 23.4 Å². The largest absolute Gasteiger partial charge is 0.493 e. The summed E-state index contributed by atoms with van der Waals surface area (Å²) in [4.78, 5) is 24.2. The first-order valence-corrected chi connectivity index (χ1v) is 9.56. The highest BCUT2D eigenvalue weighted by molar-refractivity contribution is 6.31. The van der Waals surface area contributed by atoms with Gasteiger partial charge in [0.2, 0.25) is 5.91 Å². The normalized spacial score (nSPS) is 10.2. The number of halogens is 1. The fraction of sp³-hybridized carbons (Fsp3) is 0.333. The molecule has 0 aliphatic rings. The lowest BCUT2D eigenvalue weighted by Gasteiger charge is -2.12. The Hall–Kier alpha value is -2.73. The monoisotopic (exact) mass is 404 g/mol. The van der Waals surface area contributed by atoms with Crippen LogP contribution in [0.1, 0.15) is 42.1 Å². The molecule has 7 heteroatoms. The zero-order chi connectivity index (χ0) is 20.4. The fourth-order valence-corrected chi connectivity index (χ4v) is 2.70. The molecule has 0 radical (unpaired) electrons. The molecule has 0 heterocycles. The van der Waals surface area contributed by atoms with E-state index in [-0.39, 0.29) is 12.3 Å². The van der Waals surface area contributed by atoms with Gasteiger partial charge in [0.1, 0.15) is 0 Å². The van der Waals surface area contributed by atoms with E-state index in [1.165, 1.54) is 7.11 Å². The number of hydrazine groups is 1. The van der Waals surface area contributed by atoms with Crippen LogP contribution in [0.5, 0.6) is 11.5 Å². The maximum atomic E-state index is 12.3. The summed E-state index contributed by atoms with van der Waals surface area (Å²) in [5, 5.41) is 0.618. The molecule has 0 saturated heterocycles. The fourth-order valence-electron chi connectivity index (χ4n) is 2.47. The Labute approximate surface area is 170 Å². The van der Waals surface area contributed by atoms with Gasteiger partial charge in [-0.25, -0.2) is 0 Å². The molecule has 0 aliphatic heterocycles. The van der Waals surface area contributed by atoms with Crippen molar-refractivity contribution in [2.24, 2.45) is 0 Å². The van der Waals surface area contributed by atoms with E-state index in [2.05, 4.69) is 17.8 Å². The first-order valence-electron chi connectivity index (χ1n) is 9.18. The highest BCUT2D eigenvalue weighted by Crippen LogP contribution is 2.28. The first-order chi connectivity index (χ1) is 13.5. The van der Waals surface area contributed by atoms with E-state index < -0.39 is 5.91 Å². The lowest BCUT2D eigenvalue weighted by atomic mass is 10.1. The van der Waals surface area contributed by atoms with Crippen LogP contribution in [-0.2, 0) is 11.2 Å². The van der Waals surface area contributed by atoms with Crippen molar-refractivity contribution in [2.45, 2.75) is 32.6 Å². The van der Waals surface area contributed by atoms with Gasteiger partial charge in [-0.1, -0.05) is 43.1 Å². The van der Waals surface area contributed by atoms with Gasteiger partial charge in [0.05, 0.1) is 13.7 Å². The summed E-state index contributed by atoms with van der Waals surface area (Å²) in [6.45, 7) is 2.66. The third-order valence-corrected chi connectivity index (χ3v) is 4.44. The van der Waals surface area contributed by atoms with Gasteiger partial charge in [-0.3, -0.25) is 20.4 Å². The molecule has 0 aromatic heterocycles. The van der Waals surface area contributed by atoms with Crippen LogP contribution in [0.15, 0.2) is 42.5 Å². The first kappa shape index (κ1) is 21.6. The molecule has 0 bridgehead atoms. The van der Waals surface area contributed by atoms with E-state index >= 15 is 0 Å². The van der Waals surface area contributed by atoms with Gasteiger partial charge < -0.3 is 9.47 Å². The average Bonchev–Trinajstić information content (AvgIpc) is 2.71. The Morgan fingerprint density at radius 1 is 1.07 bits per heavy atom. The smallest absolute Gasteiger partial charge is 0.269 e. The van der Waals surface area contributed by atoms with Crippen LogP contribution in [-0.4, -0.2) is 25.5 Å². The van der Waals surface area contributed by atoms with E-state index in [1.54, 1.807) is 24.3 Å². The third kappa shape index (κ3) is 6.46. The zero-order valence-electron chi connectivity index (χ0n) is 16.1. The molecule has 0 spiro atoms. The van der Waals surface area contributed by atoms with Crippen molar-refractivity contribution in [1.29, 1.82) is 0 Å². The molecule has 2 amide bonds. The van der Waals surface area contributed by atoms with E-state index in [0.717, 1.165) is 18.4 Å². The average molecular weight is 405 g/mol. The van der Waals surface area contributed by atoms with Crippen molar-refractivity contribution < 1.29 is 19.1 Å². The molecule has 0 unspecified atom stereocenters. The van der Waals surface area contributed by atoms with Crippen molar-refractivity contribution in [3.05, 3.63) is 58.6 Å². The number of carbonyl (C=O) groups is 2. The number of benzene rings is 2. The van der Waals surface area contributed by atoms with E-state index in [1.807, 2.05) is 18.2 Å². The van der Waals surface area contributed by atoms with Crippen LogP contribution < -0.4 is 20.3 Å². The minimum Gasteiger partial charge on any atom is -0.493 e. The molecule has 0 aliphatic carbocycles. The van der Waals surface area contributed by atoms with Crippen LogP contribution in [0.4, 0.5) is 0 Å². The number of carbonyl (C=O) groups excluding carboxylic acids is 2. The summed E-state index contributed by atoms with van der Waals surface area (Å²) in [5.74, 6) is 0.300. The minimum atomic E-state index is -0.440.